The third-order valence-corrected chi connectivity index (χ3v) is 6.69. The molecule has 1 aliphatic heterocycles. The predicted octanol–water partition coefficient (Wildman–Crippen LogP) is 3.42. The van der Waals surface area contributed by atoms with Crippen LogP contribution in [-0.2, 0) is 11.3 Å². The molecule has 3 aromatic rings. The molecule has 0 N–H and O–H groups in total. The Kier molecular flexibility index (Phi) is 7.08. The van der Waals surface area contributed by atoms with Crippen LogP contribution in [0.15, 0.2) is 53.7 Å². The van der Waals surface area contributed by atoms with E-state index in [4.69, 9.17) is 0 Å². The van der Waals surface area contributed by atoms with Gasteiger partial charge < -0.3 is 14.4 Å². The fraction of sp³-hybridized carbons (Fsp3) is 0.333. The topological polar surface area (TPSA) is 71.3 Å². The summed E-state index contributed by atoms with van der Waals surface area (Å²) in [5.41, 5.74) is 1.97. The maximum atomic E-state index is 14.5. The fourth-order valence-electron chi connectivity index (χ4n) is 3.81. The van der Waals surface area contributed by atoms with Crippen molar-refractivity contribution in [3.05, 3.63) is 71.3 Å². The molecule has 2 aromatic carbocycles. The van der Waals surface area contributed by atoms with Gasteiger partial charge in [-0.2, -0.15) is 0 Å². The van der Waals surface area contributed by atoms with Crippen molar-refractivity contribution in [3.8, 4) is 0 Å². The molecule has 1 amide bonds. The standard InChI is InChI=1S/C24H26FN5O2S/c1-17(31)20-8-9-22(21(25)14-20)28-10-12-29(13-11-28)23(32)16-33-24-27-26-18(2)30(24)15-19-6-4-3-5-7-19/h3-9,14H,10-13,15-16H2,1-2H3. The van der Waals surface area contributed by atoms with Gasteiger partial charge in [0, 0.05) is 31.7 Å². The molecule has 0 radical (unpaired) electrons. The summed E-state index contributed by atoms with van der Waals surface area (Å²) in [6.07, 6.45) is 0. The van der Waals surface area contributed by atoms with Crippen molar-refractivity contribution in [2.45, 2.75) is 25.5 Å². The molecular weight excluding hydrogens is 441 g/mol. The quantitative estimate of drug-likeness (QED) is 0.392. The Labute approximate surface area is 196 Å². The zero-order chi connectivity index (χ0) is 23.4. The van der Waals surface area contributed by atoms with E-state index in [2.05, 4.69) is 22.3 Å². The van der Waals surface area contributed by atoms with Gasteiger partial charge >= 0.3 is 0 Å². The second kappa shape index (κ2) is 10.2. The van der Waals surface area contributed by atoms with Crippen molar-refractivity contribution < 1.29 is 14.0 Å². The van der Waals surface area contributed by atoms with Crippen LogP contribution >= 0.6 is 11.8 Å². The number of aromatic nitrogens is 3. The number of benzene rings is 2. The van der Waals surface area contributed by atoms with Crippen molar-refractivity contribution in [2.24, 2.45) is 0 Å². The molecule has 7 nitrogen and oxygen atoms in total. The predicted molar refractivity (Wildman–Crippen MR) is 126 cm³/mol. The number of ketones is 1. The lowest BCUT2D eigenvalue weighted by Gasteiger charge is -2.36. The molecule has 0 aliphatic carbocycles. The molecule has 33 heavy (non-hydrogen) atoms. The Hall–Kier alpha value is -3.20. The van der Waals surface area contributed by atoms with Crippen LogP contribution in [0.4, 0.5) is 10.1 Å². The average molecular weight is 468 g/mol. The number of hydrogen-bond acceptors (Lipinski definition) is 6. The summed E-state index contributed by atoms with van der Waals surface area (Å²) in [6, 6.07) is 14.6. The van der Waals surface area contributed by atoms with Crippen LogP contribution < -0.4 is 4.90 Å². The third-order valence-electron chi connectivity index (χ3n) is 5.74. The molecule has 0 atom stereocenters. The van der Waals surface area contributed by atoms with E-state index in [1.807, 2.05) is 34.6 Å². The minimum atomic E-state index is -0.411. The lowest BCUT2D eigenvalue weighted by atomic mass is 10.1. The van der Waals surface area contributed by atoms with Crippen LogP contribution in [0, 0.1) is 12.7 Å². The van der Waals surface area contributed by atoms with Crippen molar-refractivity contribution in [3.63, 3.8) is 0 Å². The smallest absolute Gasteiger partial charge is 0.233 e. The van der Waals surface area contributed by atoms with Gasteiger partial charge in [-0.1, -0.05) is 42.1 Å². The van der Waals surface area contributed by atoms with Crippen molar-refractivity contribution in [1.29, 1.82) is 0 Å². The number of amides is 1. The monoisotopic (exact) mass is 467 g/mol. The Bertz CT molecular complexity index is 1140. The minimum Gasteiger partial charge on any atom is -0.366 e. The molecule has 4 rings (SSSR count). The molecule has 0 unspecified atom stereocenters. The number of aryl methyl sites for hydroxylation is 1. The molecule has 1 fully saturated rings. The van der Waals surface area contributed by atoms with Gasteiger partial charge in [-0.25, -0.2) is 4.39 Å². The van der Waals surface area contributed by atoms with Crippen LogP contribution in [-0.4, -0.2) is 63.3 Å². The maximum absolute atomic E-state index is 14.5. The SMILES string of the molecule is CC(=O)c1ccc(N2CCN(C(=O)CSc3nnc(C)n3Cc3ccccc3)CC2)c(F)c1. The number of nitrogens with zero attached hydrogens (tertiary/aromatic N) is 5. The number of halogens is 1. The number of carbonyl (C=O) groups excluding carboxylic acids is 2. The number of hydrogen-bond donors (Lipinski definition) is 0. The average Bonchev–Trinajstić information content (AvgIpc) is 3.17. The molecule has 2 heterocycles. The first-order chi connectivity index (χ1) is 15.9. The van der Waals surface area contributed by atoms with Gasteiger partial charge in [0.2, 0.25) is 5.91 Å². The molecule has 172 valence electrons. The van der Waals surface area contributed by atoms with Gasteiger partial charge in [0.25, 0.3) is 0 Å². The van der Waals surface area contributed by atoms with Crippen LogP contribution in [0.2, 0.25) is 0 Å². The summed E-state index contributed by atoms with van der Waals surface area (Å²) in [4.78, 5) is 28.0. The summed E-state index contributed by atoms with van der Waals surface area (Å²) in [6.45, 7) is 6.09. The summed E-state index contributed by atoms with van der Waals surface area (Å²) < 4.78 is 16.5. The molecule has 0 bridgehead atoms. The first kappa shape index (κ1) is 23.0. The van der Waals surface area contributed by atoms with E-state index < -0.39 is 5.82 Å². The first-order valence-corrected chi connectivity index (χ1v) is 11.8. The number of thioether (sulfide) groups is 1. The lowest BCUT2D eigenvalue weighted by Crippen LogP contribution is -2.49. The van der Waals surface area contributed by atoms with Crippen LogP contribution in [0.3, 0.4) is 0 Å². The van der Waals surface area contributed by atoms with E-state index in [0.29, 0.717) is 44.0 Å². The zero-order valence-electron chi connectivity index (χ0n) is 18.7. The number of Topliss-reactive ketones (excluding diaryl/α,β-unsaturated/α-hetero) is 1. The van der Waals surface area contributed by atoms with Crippen molar-refractivity contribution >= 4 is 29.1 Å². The maximum Gasteiger partial charge on any atom is 0.233 e. The highest BCUT2D eigenvalue weighted by molar-refractivity contribution is 7.99. The molecule has 1 aromatic heterocycles. The second-order valence-corrected chi connectivity index (χ2v) is 8.92. The normalized spacial score (nSPS) is 13.9. The highest BCUT2D eigenvalue weighted by Gasteiger charge is 2.24. The van der Waals surface area contributed by atoms with Gasteiger partial charge in [0.05, 0.1) is 18.0 Å². The highest BCUT2D eigenvalue weighted by Crippen LogP contribution is 2.23. The molecule has 0 spiro atoms. The van der Waals surface area contributed by atoms with E-state index in [-0.39, 0.29) is 17.4 Å². The van der Waals surface area contributed by atoms with Gasteiger partial charge in [-0.05, 0) is 37.6 Å². The molecule has 1 aliphatic rings. The number of rotatable bonds is 7. The largest absolute Gasteiger partial charge is 0.366 e. The Morgan fingerprint density at radius 1 is 1.03 bits per heavy atom. The Balaban J connectivity index is 1.32. The van der Waals surface area contributed by atoms with Crippen LogP contribution in [0.25, 0.3) is 0 Å². The number of carbonyl (C=O) groups is 2. The van der Waals surface area contributed by atoms with Gasteiger partial charge in [-0.3, -0.25) is 9.59 Å². The van der Waals surface area contributed by atoms with Crippen molar-refractivity contribution in [1.82, 2.24) is 19.7 Å². The van der Waals surface area contributed by atoms with E-state index >= 15 is 0 Å². The molecule has 9 heteroatoms. The van der Waals surface area contributed by atoms with E-state index in [1.165, 1.54) is 24.8 Å². The van der Waals surface area contributed by atoms with Gasteiger partial charge in [-0.15, -0.1) is 10.2 Å². The van der Waals surface area contributed by atoms with E-state index in [1.54, 1.807) is 17.0 Å². The summed E-state index contributed by atoms with van der Waals surface area (Å²) in [5, 5.41) is 9.14. The van der Waals surface area contributed by atoms with E-state index in [0.717, 1.165) is 16.5 Å². The summed E-state index contributed by atoms with van der Waals surface area (Å²) >= 11 is 1.39. The van der Waals surface area contributed by atoms with Crippen LogP contribution in [0.5, 0.6) is 0 Å². The number of piperazine rings is 1. The van der Waals surface area contributed by atoms with Gasteiger partial charge in [0.15, 0.2) is 10.9 Å². The van der Waals surface area contributed by atoms with Crippen molar-refractivity contribution in [2.75, 3.05) is 36.8 Å². The van der Waals surface area contributed by atoms with E-state index in [9.17, 15) is 14.0 Å². The Morgan fingerprint density at radius 3 is 2.42 bits per heavy atom. The highest BCUT2D eigenvalue weighted by atomic mass is 32.2. The molecule has 0 saturated carbocycles. The second-order valence-electron chi connectivity index (χ2n) is 7.98. The Morgan fingerprint density at radius 2 is 1.76 bits per heavy atom. The summed E-state index contributed by atoms with van der Waals surface area (Å²) in [5.74, 6) is 0.530. The van der Waals surface area contributed by atoms with Gasteiger partial charge in [0.1, 0.15) is 11.6 Å². The van der Waals surface area contributed by atoms with Crippen LogP contribution in [0.1, 0.15) is 28.7 Å². The minimum absolute atomic E-state index is 0.0268. The summed E-state index contributed by atoms with van der Waals surface area (Å²) in [7, 11) is 0. The zero-order valence-corrected chi connectivity index (χ0v) is 19.5. The third kappa shape index (κ3) is 5.42. The number of anilines is 1. The fourth-order valence-corrected chi connectivity index (χ4v) is 4.70. The first-order valence-electron chi connectivity index (χ1n) is 10.8. The molecular formula is C24H26FN5O2S. The lowest BCUT2D eigenvalue weighted by molar-refractivity contribution is -0.128. The molecule has 1 saturated heterocycles.